The largest absolute Gasteiger partial charge is 0.347 e. The zero-order chi connectivity index (χ0) is 14.9. The fraction of sp³-hybridized carbons (Fsp3) is 0.438. The molecular weight excluding hydrogens is 264 g/mol. The van der Waals surface area contributed by atoms with Gasteiger partial charge >= 0.3 is 0 Å². The third-order valence-electron chi connectivity index (χ3n) is 4.34. The highest BCUT2D eigenvalue weighted by Crippen LogP contribution is 2.37. The van der Waals surface area contributed by atoms with Crippen molar-refractivity contribution in [1.82, 2.24) is 19.9 Å². The van der Waals surface area contributed by atoms with Gasteiger partial charge in [0.05, 0.1) is 12.0 Å². The highest BCUT2D eigenvalue weighted by atomic mass is 16.1. The summed E-state index contributed by atoms with van der Waals surface area (Å²) in [5.74, 6) is -0.100. The second kappa shape index (κ2) is 5.31. The molecule has 110 valence electrons. The van der Waals surface area contributed by atoms with E-state index in [1.807, 2.05) is 16.8 Å². The lowest BCUT2D eigenvalue weighted by Gasteiger charge is -2.27. The van der Waals surface area contributed by atoms with Gasteiger partial charge in [-0.2, -0.15) is 0 Å². The number of hydrogen-bond acceptors (Lipinski definition) is 3. The lowest BCUT2D eigenvalue weighted by atomic mass is 9.87. The molecule has 0 saturated heterocycles. The summed E-state index contributed by atoms with van der Waals surface area (Å²) in [5, 5.41) is 3.13. The Kier molecular flexibility index (Phi) is 3.49. The van der Waals surface area contributed by atoms with E-state index in [2.05, 4.69) is 29.1 Å². The van der Waals surface area contributed by atoms with Gasteiger partial charge in [0.25, 0.3) is 5.91 Å². The maximum atomic E-state index is 12.4. The van der Waals surface area contributed by atoms with Crippen molar-refractivity contribution in [2.45, 2.75) is 39.2 Å². The predicted molar refractivity (Wildman–Crippen MR) is 80.2 cm³/mol. The summed E-state index contributed by atoms with van der Waals surface area (Å²) in [5.41, 5.74) is 1.50. The smallest absolute Gasteiger partial charge is 0.270 e. The minimum Gasteiger partial charge on any atom is -0.347 e. The molecule has 0 aromatic carbocycles. The molecule has 0 radical (unpaired) electrons. The molecule has 0 aliphatic heterocycles. The van der Waals surface area contributed by atoms with Crippen molar-refractivity contribution in [2.24, 2.45) is 5.41 Å². The lowest BCUT2D eigenvalue weighted by Crippen LogP contribution is -2.41. The van der Waals surface area contributed by atoms with E-state index in [0.717, 1.165) is 18.5 Å². The number of pyridine rings is 1. The normalized spacial score (nSPS) is 20.4. The van der Waals surface area contributed by atoms with Crippen LogP contribution in [0.2, 0.25) is 0 Å². The van der Waals surface area contributed by atoms with Crippen LogP contribution in [0.3, 0.4) is 0 Å². The van der Waals surface area contributed by atoms with Crippen molar-refractivity contribution in [3.63, 3.8) is 0 Å². The van der Waals surface area contributed by atoms with Crippen LogP contribution < -0.4 is 5.32 Å². The van der Waals surface area contributed by atoms with E-state index in [0.29, 0.717) is 5.69 Å². The molecule has 0 bridgehead atoms. The summed E-state index contributed by atoms with van der Waals surface area (Å²) in [6.45, 7) is 4.42. The van der Waals surface area contributed by atoms with E-state index in [1.54, 1.807) is 24.8 Å². The molecule has 1 fully saturated rings. The summed E-state index contributed by atoms with van der Waals surface area (Å²) in [6, 6.07) is 3.88. The van der Waals surface area contributed by atoms with Crippen molar-refractivity contribution < 1.29 is 4.79 Å². The van der Waals surface area contributed by atoms with Gasteiger partial charge in [-0.3, -0.25) is 9.78 Å². The van der Waals surface area contributed by atoms with Crippen LogP contribution in [0.25, 0.3) is 5.69 Å². The van der Waals surface area contributed by atoms with Gasteiger partial charge in [0.1, 0.15) is 5.69 Å². The molecule has 1 N–H and O–H groups in total. The second-order valence-corrected chi connectivity index (χ2v) is 6.28. The Hall–Kier alpha value is -2.17. The number of hydrogen-bond donors (Lipinski definition) is 1. The van der Waals surface area contributed by atoms with E-state index in [-0.39, 0.29) is 17.4 Å². The maximum Gasteiger partial charge on any atom is 0.270 e. The Labute approximate surface area is 124 Å². The van der Waals surface area contributed by atoms with Crippen molar-refractivity contribution in [1.29, 1.82) is 0 Å². The number of nitrogens with one attached hydrogen (secondary N) is 1. The quantitative estimate of drug-likeness (QED) is 0.942. The molecular formula is C16H20N4O. The topological polar surface area (TPSA) is 59.8 Å². The molecule has 3 rings (SSSR count). The Bertz CT molecular complexity index is 633. The monoisotopic (exact) mass is 284 g/mol. The first kappa shape index (κ1) is 13.8. The van der Waals surface area contributed by atoms with Gasteiger partial charge in [-0.25, -0.2) is 4.98 Å². The standard InChI is InChI=1S/C16H20N4O/c1-16(2)6-3-4-14(16)19-15(21)13-10-12(5-7-18-13)20-9-8-17-11-20/h5,7-11,14H,3-4,6H2,1-2H3,(H,19,21). The second-order valence-electron chi connectivity index (χ2n) is 6.28. The zero-order valence-electron chi connectivity index (χ0n) is 12.4. The highest BCUT2D eigenvalue weighted by molar-refractivity contribution is 5.93. The van der Waals surface area contributed by atoms with E-state index in [4.69, 9.17) is 0 Å². The number of carbonyl (C=O) groups is 1. The molecule has 5 heteroatoms. The van der Waals surface area contributed by atoms with Crippen LogP contribution in [0, 0.1) is 5.41 Å². The molecule has 1 aliphatic carbocycles. The van der Waals surface area contributed by atoms with Crippen LogP contribution in [0.4, 0.5) is 0 Å². The van der Waals surface area contributed by atoms with Gasteiger partial charge in [0, 0.05) is 24.6 Å². The van der Waals surface area contributed by atoms with E-state index >= 15 is 0 Å². The number of rotatable bonds is 3. The zero-order valence-corrected chi connectivity index (χ0v) is 12.4. The Morgan fingerprint density at radius 3 is 2.95 bits per heavy atom. The molecule has 1 atom stereocenters. The van der Waals surface area contributed by atoms with Crippen LogP contribution in [-0.4, -0.2) is 26.5 Å². The molecule has 1 amide bonds. The SMILES string of the molecule is CC1(C)CCCC1NC(=O)c1cc(-n2ccnc2)ccn1. The average Bonchev–Trinajstić information content (AvgIpc) is 3.10. The van der Waals surface area contributed by atoms with Crippen LogP contribution in [0.1, 0.15) is 43.6 Å². The highest BCUT2D eigenvalue weighted by Gasteiger charge is 2.35. The van der Waals surface area contributed by atoms with Crippen LogP contribution in [0.5, 0.6) is 0 Å². The Morgan fingerprint density at radius 1 is 1.43 bits per heavy atom. The lowest BCUT2D eigenvalue weighted by molar-refractivity contribution is 0.0905. The van der Waals surface area contributed by atoms with Gasteiger partial charge in [-0.05, 0) is 30.4 Å². The van der Waals surface area contributed by atoms with Gasteiger partial charge in [-0.1, -0.05) is 20.3 Å². The van der Waals surface area contributed by atoms with Crippen molar-refractivity contribution in [2.75, 3.05) is 0 Å². The molecule has 1 aliphatic rings. The summed E-state index contributed by atoms with van der Waals surface area (Å²) >= 11 is 0. The number of nitrogens with zero attached hydrogens (tertiary/aromatic N) is 3. The van der Waals surface area contributed by atoms with Crippen molar-refractivity contribution in [3.05, 3.63) is 42.7 Å². The fourth-order valence-corrected chi connectivity index (χ4v) is 2.94. The molecule has 21 heavy (non-hydrogen) atoms. The van der Waals surface area contributed by atoms with Gasteiger partial charge in [-0.15, -0.1) is 0 Å². The van der Waals surface area contributed by atoms with Gasteiger partial charge in [0.15, 0.2) is 0 Å². The van der Waals surface area contributed by atoms with E-state index < -0.39 is 0 Å². The molecule has 1 unspecified atom stereocenters. The number of imidazole rings is 1. The average molecular weight is 284 g/mol. The van der Waals surface area contributed by atoms with Crippen LogP contribution in [0.15, 0.2) is 37.1 Å². The first-order chi connectivity index (χ1) is 10.1. The third-order valence-corrected chi connectivity index (χ3v) is 4.34. The molecule has 2 aromatic heterocycles. The summed E-state index contributed by atoms with van der Waals surface area (Å²) in [6.07, 6.45) is 10.3. The number of aromatic nitrogens is 3. The van der Waals surface area contributed by atoms with Crippen molar-refractivity contribution in [3.8, 4) is 5.69 Å². The Balaban J connectivity index is 1.78. The fourth-order valence-electron chi connectivity index (χ4n) is 2.94. The molecule has 2 heterocycles. The maximum absolute atomic E-state index is 12.4. The minimum absolute atomic E-state index is 0.100. The molecule has 2 aromatic rings. The van der Waals surface area contributed by atoms with Crippen LogP contribution in [-0.2, 0) is 0 Å². The first-order valence-corrected chi connectivity index (χ1v) is 7.31. The third kappa shape index (κ3) is 2.82. The predicted octanol–water partition coefficient (Wildman–Crippen LogP) is 2.58. The molecule has 5 nitrogen and oxygen atoms in total. The summed E-state index contributed by atoms with van der Waals surface area (Å²) in [7, 11) is 0. The van der Waals surface area contributed by atoms with Gasteiger partial charge in [0.2, 0.25) is 0 Å². The van der Waals surface area contributed by atoms with E-state index in [1.165, 1.54) is 6.42 Å². The summed E-state index contributed by atoms with van der Waals surface area (Å²) < 4.78 is 1.86. The minimum atomic E-state index is -0.100. The Morgan fingerprint density at radius 2 is 2.29 bits per heavy atom. The summed E-state index contributed by atoms with van der Waals surface area (Å²) in [4.78, 5) is 20.6. The van der Waals surface area contributed by atoms with E-state index in [9.17, 15) is 4.79 Å². The van der Waals surface area contributed by atoms with Crippen LogP contribution >= 0.6 is 0 Å². The van der Waals surface area contributed by atoms with Crippen molar-refractivity contribution >= 4 is 5.91 Å². The number of amides is 1. The van der Waals surface area contributed by atoms with Gasteiger partial charge < -0.3 is 9.88 Å². The molecule has 1 saturated carbocycles. The first-order valence-electron chi connectivity index (χ1n) is 7.31. The molecule has 0 spiro atoms. The number of carbonyl (C=O) groups excluding carboxylic acids is 1.